The lowest BCUT2D eigenvalue weighted by Gasteiger charge is -2.38. The van der Waals surface area contributed by atoms with Crippen molar-refractivity contribution in [2.24, 2.45) is 0 Å². The minimum atomic E-state index is -7.24. The Morgan fingerprint density at radius 3 is 0.976 bits per heavy atom. The normalized spacial score (nSPS) is 15.5. The van der Waals surface area contributed by atoms with E-state index >= 15 is 0 Å². The van der Waals surface area contributed by atoms with E-state index in [-0.39, 0.29) is 0 Å². The third-order valence-corrected chi connectivity index (χ3v) is 5.98. The number of hydrogen-bond donors (Lipinski definition) is 5. The van der Waals surface area contributed by atoms with Gasteiger partial charge in [-0.2, -0.15) is 79.0 Å². The summed E-state index contributed by atoms with van der Waals surface area (Å²) in [5, 5.41) is 24.4. The van der Waals surface area contributed by atoms with Gasteiger partial charge in [-0.25, -0.2) is 0 Å². The quantitative estimate of drug-likeness (QED) is 0.208. The zero-order valence-electron chi connectivity index (χ0n) is 19.0. The molecule has 0 bridgehead atoms. The molecule has 2 rings (SSSR count). The van der Waals surface area contributed by atoms with Gasteiger partial charge in [0.05, 0.1) is 0 Å². The van der Waals surface area contributed by atoms with Gasteiger partial charge >= 0.3 is 37.1 Å². The van der Waals surface area contributed by atoms with E-state index < -0.39 is 111 Å². The fourth-order valence-electron chi connectivity index (χ4n) is 3.82. The van der Waals surface area contributed by atoms with Crippen molar-refractivity contribution < 1.29 is 94.3 Å². The van der Waals surface area contributed by atoms with Crippen LogP contribution in [0.25, 0.3) is 10.8 Å². The molecule has 0 fully saturated rings. The van der Waals surface area contributed by atoms with Gasteiger partial charge in [0.25, 0.3) is 16.8 Å². The van der Waals surface area contributed by atoms with Crippen LogP contribution in [0.4, 0.5) is 90.4 Å². The van der Waals surface area contributed by atoms with Crippen LogP contribution in [0.3, 0.4) is 0 Å². The van der Waals surface area contributed by atoms with E-state index in [2.05, 4.69) is 0 Å². The Kier molecular flexibility index (Phi) is 7.70. The Labute approximate surface area is 217 Å². The largest absolute Gasteiger partial charge is 0.430 e. The van der Waals surface area contributed by atoms with Gasteiger partial charge in [-0.3, -0.25) is 0 Å². The molecule has 2 aromatic rings. The van der Waals surface area contributed by atoms with Gasteiger partial charge in [0.15, 0.2) is 0 Å². The third kappa shape index (κ3) is 4.68. The number of nitrogens with two attached hydrogens (primary N) is 2. The molecule has 42 heavy (non-hydrogen) atoms. The molecule has 2 aromatic carbocycles. The molecular weight excluding hydrogens is 646 g/mol. The van der Waals surface area contributed by atoms with Crippen LogP contribution in [0.15, 0.2) is 18.2 Å². The van der Waals surface area contributed by atoms with E-state index in [0.717, 1.165) is 0 Å². The first-order valence-electron chi connectivity index (χ1n) is 9.88. The van der Waals surface area contributed by atoms with Crippen molar-refractivity contribution in [1.82, 2.24) is 0 Å². The molecule has 0 aliphatic heterocycles. The van der Waals surface area contributed by atoms with Crippen LogP contribution in [-0.2, 0) is 16.8 Å². The standard InChI is InChI=1S/C19H10F18N2O3/c20-14(21,22)11(40,15(23,24)25)6-3-8(13(42,18(32,33)34)19(35,36)37)10(39)5-2-9(38)7(1-4(5)6)12(41,16(26,27)28)17(29,30)31/h1-3,40-42H,38-39H2. The molecule has 0 saturated carbocycles. The van der Waals surface area contributed by atoms with E-state index in [1.807, 2.05) is 0 Å². The minimum absolute atomic E-state index is 0.629. The number of aliphatic hydroxyl groups is 3. The third-order valence-electron chi connectivity index (χ3n) is 5.98. The van der Waals surface area contributed by atoms with Crippen LogP contribution in [0.1, 0.15) is 16.7 Å². The molecule has 7 N–H and O–H groups in total. The van der Waals surface area contributed by atoms with Crippen LogP contribution in [-0.4, -0.2) is 52.4 Å². The Morgan fingerprint density at radius 1 is 0.381 bits per heavy atom. The molecule has 0 radical (unpaired) electrons. The smallest absolute Gasteiger partial charge is 0.398 e. The van der Waals surface area contributed by atoms with Crippen molar-refractivity contribution in [1.29, 1.82) is 0 Å². The zero-order chi connectivity index (χ0) is 33.7. The molecule has 0 spiro atoms. The molecule has 0 aliphatic rings. The van der Waals surface area contributed by atoms with Gasteiger partial charge in [0.2, 0.25) is 0 Å². The lowest BCUT2D eigenvalue weighted by Crippen LogP contribution is -2.56. The SMILES string of the molecule is Nc1cc2c(N)c(C(O)(C(F)(F)F)C(F)(F)F)cc(C(O)(C(F)(F)F)C(F)(F)F)c2cc1C(O)(C(F)(F)F)C(F)(F)F. The molecule has 0 amide bonds. The second kappa shape index (κ2) is 9.21. The molecule has 5 nitrogen and oxygen atoms in total. The summed E-state index contributed by atoms with van der Waals surface area (Å²) in [6, 6.07) is -3.18. The molecular formula is C19H10F18N2O3. The number of alkyl halides is 18. The molecule has 240 valence electrons. The van der Waals surface area contributed by atoms with Crippen molar-refractivity contribution in [3.63, 3.8) is 0 Å². The van der Waals surface area contributed by atoms with Gasteiger partial charge < -0.3 is 26.8 Å². The molecule has 0 aliphatic carbocycles. The predicted octanol–water partition coefficient (Wildman–Crippen LogP) is 5.94. The van der Waals surface area contributed by atoms with Crippen molar-refractivity contribution in [2.45, 2.75) is 53.9 Å². The summed E-state index contributed by atoms with van der Waals surface area (Å²) < 4.78 is 243. The van der Waals surface area contributed by atoms with Crippen LogP contribution in [0.5, 0.6) is 0 Å². The molecule has 0 saturated heterocycles. The van der Waals surface area contributed by atoms with Gasteiger partial charge in [0.1, 0.15) is 0 Å². The highest BCUT2D eigenvalue weighted by atomic mass is 19.4. The maximum atomic E-state index is 13.7. The van der Waals surface area contributed by atoms with E-state index in [0.29, 0.717) is 0 Å². The maximum absolute atomic E-state index is 13.7. The van der Waals surface area contributed by atoms with E-state index in [1.54, 1.807) is 0 Å². The summed E-state index contributed by atoms with van der Waals surface area (Å²) in [5.74, 6) is 0. The van der Waals surface area contributed by atoms with Crippen LogP contribution in [0.2, 0.25) is 0 Å². The Bertz CT molecular complexity index is 1320. The number of benzene rings is 2. The zero-order valence-corrected chi connectivity index (χ0v) is 19.0. The fraction of sp³-hybridized carbons (Fsp3) is 0.474. The van der Waals surface area contributed by atoms with Gasteiger partial charge in [0, 0.05) is 33.5 Å². The number of nitrogen functional groups attached to an aromatic ring is 2. The first-order valence-corrected chi connectivity index (χ1v) is 9.88. The number of hydrogen-bond acceptors (Lipinski definition) is 5. The second-order valence-corrected chi connectivity index (χ2v) is 8.49. The Morgan fingerprint density at radius 2 is 0.667 bits per heavy atom. The molecule has 0 unspecified atom stereocenters. The highest BCUT2D eigenvalue weighted by Gasteiger charge is 2.76. The van der Waals surface area contributed by atoms with Gasteiger partial charge in [-0.15, -0.1) is 0 Å². The highest BCUT2D eigenvalue weighted by molar-refractivity contribution is 6.00. The second-order valence-electron chi connectivity index (χ2n) is 8.49. The first-order chi connectivity index (χ1) is 18.1. The lowest BCUT2D eigenvalue weighted by atomic mass is 9.79. The molecule has 0 atom stereocenters. The van der Waals surface area contributed by atoms with E-state index in [4.69, 9.17) is 11.5 Å². The molecule has 0 heterocycles. The van der Waals surface area contributed by atoms with Crippen molar-refractivity contribution in [3.8, 4) is 0 Å². The summed E-state index contributed by atoms with van der Waals surface area (Å²) in [5.41, 5.74) is -23.0. The van der Waals surface area contributed by atoms with E-state index in [1.165, 1.54) is 0 Å². The Balaban J connectivity index is 3.49. The predicted molar refractivity (Wildman–Crippen MR) is 101 cm³/mol. The number of fused-ring (bicyclic) bond motifs is 1. The Hall–Kier alpha value is -3.08. The van der Waals surface area contributed by atoms with Crippen LogP contribution < -0.4 is 11.5 Å². The molecule has 23 heteroatoms. The number of anilines is 2. The molecule has 0 aromatic heterocycles. The van der Waals surface area contributed by atoms with Crippen molar-refractivity contribution >= 4 is 22.1 Å². The summed E-state index contributed by atoms with van der Waals surface area (Å²) in [6.07, 6.45) is -42.5. The summed E-state index contributed by atoms with van der Waals surface area (Å²) in [6.45, 7) is 0. The topological polar surface area (TPSA) is 113 Å². The number of rotatable bonds is 3. The van der Waals surface area contributed by atoms with Crippen LogP contribution in [0, 0.1) is 0 Å². The van der Waals surface area contributed by atoms with Gasteiger partial charge in [-0.05, 0) is 23.6 Å². The summed E-state index contributed by atoms with van der Waals surface area (Å²) in [4.78, 5) is 0. The highest BCUT2D eigenvalue weighted by Crippen LogP contribution is 2.59. The minimum Gasteiger partial charge on any atom is -0.398 e. The van der Waals surface area contributed by atoms with Crippen molar-refractivity contribution in [2.75, 3.05) is 11.5 Å². The fourth-order valence-corrected chi connectivity index (χ4v) is 3.82. The monoisotopic (exact) mass is 656 g/mol. The van der Waals surface area contributed by atoms with Gasteiger partial charge in [-0.1, -0.05) is 0 Å². The summed E-state index contributed by atoms with van der Waals surface area (Å²) in [7, 11) is 0. The lowest BCUT2D eigenvalue weighted by molar-refractivity contribution is -0.378. The maximum Gasteiger partial charge on any atom is 0.430 e. The average molecular weight is 656 g/mol. The first kappa shape index (κ1) is 35.1. The van der Waals surface area contributed by atoms with E-state index in [9.17, 15) is 94.3 Å². The van der Waals surface area contributed by atoms with Crippen molar-refractivity contribution in [3.05, 3.63) is 34.9 Å². The summed E-state index contributed by atoms with van der Waals surface area (Å²) >= 11 is 0. The van der Waals surface area contributed by atoms with Crippen LogP contribution >= 0.6 is 0 Å². The number of halogens is 18. The average Bonchev–Trinajstić information content (AvgIpc) is 2.73.